The van der Waals surface area contributed by atoms with E-state index in [-0.39, 0.29) is 37.5 Å². The van der Waals surface area contributed by atoms with E-state index < -0.39 is 60.2 Å². The lowest BCUT2D eigenvalue weighted by Gasteiger charge is -2.25. The zero-order valence-electron chi connectivity index (χ0n) is 20.3. The lowest BCUT2D eigenvalue weighted by Crippen LogP contribution is -2.57. The fourth-order valence-corrected chi connectivity index (χ4v) is 3.09. The third kappa shape index (κ3) is 11.7. The highest BCUT2D eigenvalue weighted by Gasteiger charge is 2.29. The van der Waals surface area contributed by atoms with Gasteiger partial charge in [0.1, 0.15) is 23.9 Å². The number of carbonyl (C=O) groups excluding carboxylic acids is 4. The van der Waals surface area contributed by atoms with Gasteiger partial charge in [0.05, 0.1) is 12.5 Å². The second-order valence-electron chi connectivity index (χ2n) is 8.29. The number of hydrogen-bond acceptors (Lipinski definition) is 8. The van der Waals surface area contributed by atoms with Gasteiger partial charge in [-0.05, 0) is 37.5 Å². The topological polar surface area (TPSA) is 278 Å². The second-order valence-corrected chi connectivity index (χ2v) is 8.29. The zero-order chi connectivity index (χ0) is 28.1. The van der Waals surface area contributed by atoms with Gasteiger partial charge in [0.25, 0.3) is 0 Å². The Balaban J connectivity index is 3.11. The summed E-state index contributed by atoms with van der Waals surface area (Å²) in [5, 5.41) is 25.9. The molecule has 13 N–H and O–H groups in total. The molecule has 0 aliphatic carbocycles. The highest BCUT2D eigenvalue weighted by atomic mass is 16.4. The number of carbonyl (C=O) groups is 5. The van der Waals surface area contributed by atoms with Crippen LogP contribution in [0.15, 0.2) is 29.3 Å². The van der Waals surface area contributed by atoms with E-state index >= 15 is 0 Å². The molecule has 0 heterocycles. The number of guanidine groups is 1. The van der Waals surface area contributed by atoms with E-state index in [1.807, 2.05) is 0 Å². The highest BCUT2D eigenvalue weighted by Crippen LogP contribution is 2.12. The molecular weight excluding hydrogens is 488 g/mol. The molecule has 1 aromatic rings. The summed E-state index contributed by atoms with van der Waals surface area (Å²) in [5.74, 6) is -4.64. The number of rotatable bonds is 15. The minimum absolute atomic E-state index is 0.0101. The number of carboxylic acids is 1. The minimum Gasteiger partial charge on any atom is -0.508 e. The molecule has 4 unspecified atom stereocenters. The normalized spacial score (nSPS) is 13.8. The summed E-state index contributed by atoms with van der Waals surface area (Å²) in [4.78, 5) is 64.5. The van der Waals surface area contributed by atoms with Crippen molar-refractivity contribution < 1.29 is 34.2 Å². The second kappa shape index (κ2) is 14.9. The third-order valence-corrected chi connectivity index (χ3v) is 5.07. The monoisotopic (exact) mass is 522 g/mol. The number of nitrogens with two attached hydrogens (primary N) is 4. The number of amides is 4. The lowest BCUT2D eigenvalue weighted by molar-refractivity contribution is -0.141. The Morgan fingerprint density at radius 3 is 2.03 bits per heavy atom. The molecule has 1 aromatic carbocycles. The van der Waals surface area contributed by atoms with Crippen molar-refractivity contribution in [1.29, 1.82) is 0 Å². The number of hydrogen-bond donors (Lipinski definition) is 9. The number of aliphatic imine (C=N–C) groups is 1. The van der Waals surface area contributed by atoms with Gasteiger partial charge in [0.15, 0.2) is 5.96 Å². The Kier molecular flexibility index (Phi) is 12.3. The number of phenols is 1. The molecule has 0 aliphatic heterocycles. The molecule has 15 heteroatoms. The van der Waals surface area contributed by atoms with Crippen LogP contribution in [0.1, 0.15) is 31.7 Å². The minimum atomic E-state index is -1.31. The molecule has 0 saturated heterocycles. The number of nitrogens with zero attached hydrogens (tertiary/aromatic N) is 1. The predicted molar refractivity (Wildman–Crippen MR) is 133 cm³/mol. The summed E-state index contributed by atoms with van der Waals surface area (Å²) in [6.45, 7) is 1.40. The third-order valence-electron chi connectivity index (χ3n) is 5.07. The molecule has 37 heavy (non-hydrogen) atoms. The smallest absolute Gasteiger partial charge is 0.325 e. The first-order chi connectivity index (χ1) is 17.3. The number of phenolic OH excluding ortho intramolecular Hbond substituents is 1. The molecule has 15 nitrogen and oxygen atoms in total. The number of primary amides is 1. The van der Waals surface area contributed by atoms with Crippen molar-refractivity contribution in [2.24, 2.45) is 27.9 Å². The molecule has 204 valence electrons. The van der Waals surface area contributed by atoms with Crippen molar-refractivity contribution in [2.75, 3.05) is 6.54 Å². The van der Waals surface area contributed by atoms with Crippen LogP contribution in [0.3, 0.4) is 0 Å². The molecule has 0 aliphatic rings. The number of aromatic hydroxyl groups is 1. The number of nitrogens with one attached hydrogen (secondary N) is 3. The van der Waals surface area contributed by atoms with Crippen LogP contribution in [0.5, 0.6) is 5.75 Å². The van der Waals surface area contributed by atoms with Crippen LogP contribution >= 0.6 is 0 Å². The first-order valence-electron chi connectivity index (χ1n) is 11.3. The van der Waals surface area contributed by atoms with E-state index in [1.54, 1.807) is 0 Å². The van der Waals surface area contributed by atoms with E-state index in [4.69, 9.17) is 28.0 Å². The van der Waals surface area contributed by atoms with Gasteiger partial charge in [-0.15, -0.1) is 0 Å². The maximum absolute atomic E-state index is 13.2. The summed E-state index contributed by atoms with van der Waals surface area (Å²) in [5.41, 5.74) is 21.9. The van der Waals surface area contributed by atoms with Crippen LogP contribution in [0.4, 0.5) is 0 Å². The van der Waals surface area contributed by atoms with Crippen molar-refractivity contribution in [3.8, 4) is 5.75 Å². The number of carboxylic acid groups (broad SMARTS) is 1. The summed E-state index contributed by atoms with van der Waals surface area (Å²) < 4.78 is 0. The van der Waals surface area contributed by atoms with Crippen molar-refractivity contribution in [1.82, 2.24) is 16.0 Å². The van der Waals surface area contributed by atoms with Crippen LogP contribution in [0.25, 0.3) is 0 Å². The molecule has 4 atom stereocenters. The molecule has 0 aromatic heterocycles. The summed E-state index contributed by atoms with van der Waals surface area (Å²) in [7, 11) is 0. The van der Waals surface area contributed by atoms with Crippen LogP contribution in [-0.4, -0.2) is 76.5 Å². The van der Waals surface area contributed by atoms with Gasteiger partial charge in [-0.2, -0.15) is 0 Å². The fourth-order valence-electron chi connectivity index (χ4n) is 3.09. The van der Waals surface area contributed by atoms with E-state index in [2.05, 4.69) is 20.9 Å². The summed E-state index contributed by atoms with van der Waals surface area (Å²) >= 11 is 0. The first kappa shape index (κ1) is 30.6. The molecular formula is C22H34N8O7. The predicted octanol–water partition coefficient (Wildman–Crippen LogP) is -3.25. The Morgan fingerprint density at radius 2 is 1.49 bits per heavy atom. The Labute approximate surface area is 213 Å². The average molecular weight is 523 g/mol. The molecule has 4 amide bonds. The van der Waals surface area contributed by atoms with Gasteiger partial charge in [0, 0.05) is 13.0 Å². The van der Waals surface area contributed by atoms with E-state index in [9.17, 15) is 29.1 Å². The molecule has 0 radical (unpaired) electrons. The van der Waals surface area contributed by atoms with Crippen molar-refractivity contribution in [3.63, 3.8) is 0 Å². The summed E-state index contributed by atoms with van der Waals surface area (Å²) in [6, 6.07) is 0.839. The zero-order valence-corrected chi connectivity index (χ0v) is 20.3. The van der Waals surface area contributed by atoms with Crippen LogP contribution < -0.4 is 38.9 Å². The van der Waals surface area contributed by atoms with Crippen LogP contribution in [-0.2, 0) is 30.4 Å². The van der Waals surface area contributed by atoms with Crippen LogP contribution in [0, 0.1) is 0 Å². The average Bonchev–Trinajstić information content (AvgIpc) is 2.80. The van der Waals surface area contributed by atoms with Gasteiger partial charge in [-0.1, -0.05) is 12.1 Å². The van der Waals surface area contributed by atoms with Crippen molar-refractivity contribution in [3.05, 3.63) is 29.8 Å². The fraction of sp³-hybridized carbons (Fsp3) is 0.455. The molecule has 1 rings (SSSR count). The van der Waals surface area contributed by atoms with Crippen molar-refractivity contribution >= 4 is 35.6 Å². The Morgan fingerprint density at radius 1 is 0.919 bits per heavy atom. The molecule has 0 saturated carbocycles. The standard InChI is InChI=1S/C22H34N8O7/c1-11(21(36)37)28-20(35)16(9-12-4-6-13(31)7-5-12)30-19(34)15(3-2-8-27-22(25)26)29-18(33)14(23)10-17(24)32/h4-7,11,14-16,31H,2-3,8-10,23H2,1H3,(H2,24,32)(H,28,35)(H,29,33)(H,30,34)(H,36,37)(H4,25,26,27). The molecule has 0 bridgehead atoms. The van der Waals surface area contributed by atoms with Crippen LogP contribution in [0.2, 0.25) is 0 Å². The van der Waals surface area contributed by atoms with E-state index in [0.29, 0.717) is 5.56 Å². The lowest BCUT2D eigenvalue weighted by atomic mass is 10.0. The largest absolute Gasteiger partial charge is 0.508 e. The number of benzene rings is 1. The van der Waals surface area contributed by atoms with Gasteiger partial charge in [-0.25, -0.2) is 0 Å². The Bertz CT molecular complexity index is 995. The molecule has 0 fully saturated rings. The van der Waals surface area contributed by atoms with E-state index in [1.165, 1.54) is 31.2 Å². The maximum atomic E-state index is 13.2. The van der Waals surface area contributed by atoms with E-state index in [0.717, 1.165) is 0 Å². The van der Waals surface area contributed by atoms with Gasteiger partial charge in [0.2, 0.25) is 23.6 Å². The van der Waals surface area contributed by atoms with Gasteiger partial charge >= 0.3 is 5.97 Å². The Hall–Kier alpha value is -4.40. The van der Waals surface area contributed by atoms with Gasteiger partial charge < -0.3 is 49.1 Å². The highest BCUT2D eigenvalue weighted by molar-refractivity contribution is 5.95. The SMILES string of the molecule is CC(NC(=O)C(Cc1ccc(O)cc1)NC(=O)C(CCCN=C(N)N)NC(=O)C(N)CC(N)=O)C(=O)O. The molecule has 0 spiro atoms. The van der Waals surface area contributed by atoms with Gasteiger partial charge in [-0.3, -0.25) is 29.0 Å². The maximum Gasteiger partial charge on any atom is 0.325 e. The quantitative estimate of drug-likeness (QED) is 0.0630. The number of aliphatic carboxylic acids is 1. The van der Waals surface area contributed by atoms with Crippen molar-refractivity contribution in [2.45, 2.75) is 56.8 Å². The summed E-state index contributed by atoms with van der Waals surface area (Å²) in [6.07, 6.45) is -0.212. The first-order valence-corrected chi connectivity index (χ1v) is 11.3.